The highest BCUT2D eigenvalue weighted by Gasteiger charge is 2.60. The molecule has 0 aromatic heterocycles. The van der Waals surface area contributed by atoms with Crippen LogP contribution in [-0.4, -0.2) is 17.9 Å². The van der Waals surface area contributed by atoms with E-state index in [0.717, 1.165) is 11.3 Å². The van der Waals surface area contributed by atoms with Crippen molar-refractivity contribution in [2.24, 2.45) is 5.92 Å². The average molecular weight is 395 g/mol. The van der Waals surface area contributed by atoms with E-state index in [1.165, 1.54) is 4.90 Å². The lowest BCUT2D eigenvalue weighted by atomic mass is 9.90. The minimum absolute atomic E-state index is 0.304. The van der Waals surface area contributed by atoms with Gasteiger partial charge in [-0.2, -0.15) is 5.26 Å². The summed E-state index contributed by atoms with van der Waals surface area (Å²) in [5, 5.41) is 10.7. The molecule has 3 aromatic carbocycles. The second-order valence-electron chi connectivity index (χ2n) is 7.24. The maximum absolute atomic E-state index is 13.4. The van der Waals surface area contributed by atoms with Crippen molar-refractivity contribution >= 4 is 23.2 Å². The molecule has 3 aromatic rings. The van der Waals surface area contributed by atoms with E-state index in [0.29, 0.717) is 11.3 Å². The Labute approximate surface area is 173 Å². The molecule has 0 spiro atoms. The quantitative estimate of drug-likeness (QED) is 0.634. The molecule has 2 aliphatic rings. The van der Waals surface area contributed by atoms with Gasteiger partial charge in [-0.05, 0) is 42.0 Å². The molecule has 0 saturated carbocycles. The lowest BCUT2D eigenvalue weighted by molar-refractivity contribution is -0.126. The number of fused-ring (bicyclic) bond motifs is 1. The number of anilines is 2. The highest BCUT2D eigenvalue weighted by atomic mass is 16.7. The zero-order valence-electron chi connectivity index (χ0n) is 15.9. The topological polar surface area (TPSA) is 73.6 Å². The third-order valence-corrected chi connectivity index (χ3v) is 5.52. The average Bonchev–Trinajstić information content (AvgIpc) is 3.31. The highest BCUT2D eigenvalue weighted by molar-refractivity contribution is 6.23. The summed E-state index contributed by atoms with van der Waals surface area (Å²) in [5.74, 6) is -1.37. The number of nitrogens with zero attached hydrogens (tertiary/aromatic N) is 3. The van der Waals surface area contributed by atoms with Crippen LogP contribution in [0.2, 0.25) is 0 Å². The van der Waals surface area contributed by atoms with Gasteiger partial charge in [0.1, 0.15) is 5.92 Å². The van der Waals surface area contributed by atoms with Crippen molar-refractivity contribution in [3.8, 4) is 6.07 Å². The first-order valence-electron chi connectivity index (χ1n) is 9.63. The number of para-hydroxylation sites is 1. The van der Waals surface area contributed by atoms with E-state index in [4.69, 9.17) is 10.1 Å². The molecule has 30 heavy (non-hydrogen) atoms. The molecule has 3 atom stereocenters. The van der Waals surface area contributed by atoms with Crippen LogP contribution < -0.4 is 9.96 Å². The molecule has 6 nitrogen and oxygen atoms in total. The van der Waals surface area contributed by atoms with Crippen molar-refractivity contribution in [1.29, 1.82) is 5.26 Å². The van der Waals surface area contributed by atoms with Crippen LogP contribution in [0, 0.1) is 17.2 Å². The van der Waals surface area contributed by atoms with E-state index in [9.17, 15) is 9.59 Å². The maximum Gasteiger partial charge on any atom is 0.266 e. The number of rotatable bonds is 3. The third kappa shape index (κ3) is 2.76. The summed E-state index contributed by atoms with van der Waals surface area (Å²) in [5.41, 5.74) is 2.59. The fraction of sp³-hybridized carbons (Fsp3) is 0.125. The van der Waals surface area contributed by atoms with Gasteiger partial charge >= 0.3 is 0 Å². The number of benzene rings is 3. The number of amides is 2. The summed E-state index contributed by atoms with van der Waals surface area (Å²) in [7, 11) is 0. The number of nitriles is 1. The van der Waals surface area contributed by atoms with Gasteiger partial charge < -0.3 is 0 Å². The van der Waals surface area contributed by atoms with Crippen LogP contribution >= 0.6 is 0 Å². The predicted molar refractivity (Wildman–Crippen MR) is 110 cm³/mol. The van der Waals surface area contributed by atoms with E-state index in [-0.39, 0.29) is 5.91 Å². The molecule has 5 rings (SSSR count). The summed E-state index contributed by atoms with van der Waals surface area (Å²) in [6.07, 6.45) is -0.904. The Morgan fingerprint density at radius 2 is 1.40 bits per heavy atom. The molecule has 0 unspecified atom stereocenters. The van der Waals surface area contributed by atoms with Crippen molar-refractivity contribution in [1.82, 2.24) is 0 Å². The maximum atomic E-state index is 13.4. The molecule has 2 heterocycles. The molecule has 2 fully saturated rings. The molecule has 146 valence electrons. The minimum atomic E-state index is -0.904. The molecule has 0 aliphatic carbocycles. The van der Waals surface area contributed by atoms with E-state index < -0.39 is 24.0 Å². The molecule has 6 heteroatoms. The Morgan fingerprint density at radius 3 is 2.03 bits per heavy atom. The standard InChI is InChI=1S/C24H17N3O3/c25-15-16-11-13-18(14-12-16)26-23(28)20-21(17-7-3-1-4-8-17)27(30-22(20)24(26)29)19-9-5-2-6-10-19/h1-14,20-22H/t20-,21-,22+/m1/s1. The summed E-state index contributed by atoms with van der Waals surface area (Å²) in [6, 6.07) is 27.1. The summed E-state index contributed by atoms with van der Waals surface area (Å²) in [6.45, 7) is 0. The SMILES string of the molecule is N#Cc1ccc(N2C(=O)[C@H]3[C@H](ON(c4ccccc4)[C@@H]3c3ccccc3)C2=O)cc1. The fourth-order valence-electron chi connectivity index (χ4n) is 4.14. The lowest BCUT2D eigenvalue weighted by Gasteiger charge is -2.28. The Hall–Kier alpha value is -3.95. The van der Waals surface area contributed by atoms with Gasteiger partial charge in [0.15, 0.2) is 6.10 Å². The lowest BCUT2D eigenvalue weighted by Crippen LogP contribution is -2.37. The van der Waals surface area contributed by atoms with Crippen molar-refractivity contribution in [3.05, 3.63) is 96.1 Å². The third-order valence-electron chi connectivity index (χ3n) is 5.52. The number of imide groups is 1. The number of hydrogen-bond donors (Lipinski definition) is 0. The van der Waals surface area contributed by atoms with Crippen LogP contribution in [0.4, 0.5) is 11.4 Å². The molecule has 2 aliphatic heterocycles. The normalized spacial score (nSPS) is 22.8. The van der Waals surface area contributed by atoms with Crippen LogP contribution in [0.3, 0.4) is 0 Å². The zero-order valence-corrected chi connectivity index (χ0v) is 15.9. The Balaban J connectivity index is 1.56. The number of hydroxylamine groups is 1. The van der Waals surface area contributed by atoms with Gasteiger partial charge in [0.05, 0.1) is 29.0 Å². The molecular formula is C24H17N3O3. The molecule has 0 N–H and O–H groups in total. The highest BCUT2D eigenvalue weighted by Crippen LogP contribution is 2.47. The first kappa shape index (κ1) is 18.1. The zero-order chi connectivity index (χ0) is 20.7. The summed E-state index contributed by atoms with van der Waals surface area (Å²) >= 11 is 0. The van der Waals surface area contributed by atoms with Crippen LogP contribution in [0.25, 0.3) is 0 Å². The largest absolute Gasteiger partial charge is 0.273 e. The summed E-state index contributed by atoms with van der Waals surface area (Å²) in [4.78, 5) is 33.9. The van der Waals surface area contributed by atoms with E-state index in [1.54, 1.807) is 29.3 Å². The monoisotopic (exact) mass is 395 g/mol. The van der Waals surface area contributed by atoms with Crippen LogP contribution in [0.1, 0.15) is 17.2 Å². The number of hydrogen-bond acceptors (Lipinski definition) is 5. The van der Waals surface area contributed by atoms with Crippen molar-refractivity contribution in [2.75, 3.05) is 9.96 Å². The predicted octanol–water partition coefficient (Wildman–Crippen LogP) is 3.61. The van der Waals surface area contributed by atoms with Crippen molar-refractivity contribution in [2.45, 2.75) is 12.1 Å². The minimum Gasteiger partial charge on any atom is -0.273 e. The van der Waals surface area contributed by atoms with Gasteiger partial charge in [-0.1, -0.05) is 48.5 Å². The van der Waals surface area contributed by atoms with E-state index in [2.05, 4.69) is 0 Å². The second kappa shape index (κ2) is 7.14. The van der Waals surface area contributed by atoms with E-state index >= 15 is 0 Å². The first-order chi connectivity index (χ1) is 14.7. The van der Waals surface area contributed by atoms with Gasteiger partial charge in [0, 0.05) is 0 Å². The van der Waals surface area contributed by atoms with Crippen molar-refractivity contribution < 1.29 is 14.4 Å². The Bertz CT molecular complexity index is 1140. The van der Waals surface area contributed by atoms with Gasteiger partial charge in [0.25, 0.3) is 5.91 Å². The first-order valence-corrected chi connectivity index (χ1v) is 9.63. The van der Waals surface area contributed by atoms with Crippen LogP contribution in [0.5, 0.6) is 0 Å². The molecular weight excluding hydrogens is 378 g/mol. The van der Waals surface area contributed by atoms with E-state index in [1.807, 2.05) is 66.7 Å². The van der Waals surface area contributed by atoms with Crippen LogP contribution in [0.15, 0.2) is 84.9 Å². The molecule has 2 saturated heterocycles. The molecule has 0 radical (unpaired) electrons. The molecule has 0 bridgehead atoms. The Kier molecular flexibility index (Phi) is 4.31. The summed E-state index contributed by atoms with van der Waals surface area (Å²) < 4.78 is 0. The van der Waals surface area contributed by atoms with Crippen molar-refractivity contribution in [3.63, 3.8) is 0 Å². The van der Waals surface area contributed by atoms with Gasteiger partial charge in [0.2, 0.25) is 5.91 Å². The fourth-order valence-corrected chi connectivity index (χ4v) is 4.14. The van der Waals surface area contributed by atoms with Gasteiger partial charge in [-0.25, -0.2) is 9.96 Å². The smallest absolute Gasteiger partial charge is 0.266 e. The Morgan fingerprint density at radius 1 is 0.767 bits per heavy atom. The van der Waals surface area contributed by atoms with Crippen LogP contribution in [-0.2, 0) is 14.4 Å². The van der Waals surface area contributed by atoms with Gasteiger partial charge in [-0.3, -0.25) is 14.4 Å². The molecule has 2 amide bonds. The second-order valence-corrected chi connectivity index (χ2v) is 7.24. The number of carbonyl (C=O) groups is 2. The number of carbonyl (C=O) groups excluding carboxylic acids is 2. The van der Waals surface area contributed by atoms with Gasteiger partial charge in [-0.15, -0.1) is 0 Å².